The van der Waals surface area contributed by atoms with Gasteiger partial charge in [-0.05, 0) is 55.6 Å². The van der Waals surface area contributed by atoms with Crippen molar-refractivity contribution in [3.05, 3.63) is 100 Å². The Hall–Kier alpha value is -3.29. The van der Waals surface area contributed by atoms with Crippen molar-refractivity contribution in [2.45, 2.75) is 25.9 Å². The minimum absolute atomic E-state index is 0.00226. The number of carbonyl (C=O) groups is 1. The van der Waals surface area contributed by atoms with Gasteiger partial charge in [0.25, 0.3) is 0 Å². The van der Waals surface area contributed by atoms with Crippen LogP contribution in [0.4, 0.5) is 0 Å². The van der Waals surface area contributed by atoms with E-state index in [2.05, 4.69) is 76.6 Å². The number of thiophene rings is 1. The van der Waals surface area contributed by atoms with E-state index in [1.54, 1.807) is 22.3 Å². The number of hydrogen-bond donors (Lipinski definition) is 1. The van der Waals surface area contributed by atoms with Crippen molar-refractivity contribution < 1.29 is 4.79 Å². The lowest BCUT2D eigenvalue weighted by atomic mass is 10.0. The van der Waals surface area contributed by atoms with E-state index < -0.39 is 0 Å². The molecule has 0 bridgehead atoms. The second-order valence-corrected chi connectivity index (χ2v) is 8.93. The molecule has 2 unspecified atom stereocenters. The summed E-state index contributed by atoms with van der Waals surface area (Å²) >= 11 is 1.65. The zero-order chi connectivity index (χ0) is 22.5. The van der Waals surface area contributed by atoms with Gasteiger partial charge in [-0.2, -0.15) is 5.10 Å². The van der Waals surface area contributed by atoms with Crippen LogP contribution in [0.3, 0.4) is 0 Å². The molecule has 6 nitrogen and oxygen atoms in total. The fourth-order valence-corrected chi connectivity index (χ4v) is 4.41. The van der Waals surface area contributed by atoms with E-state index in [-0.39, 0.29) is 18.0 Å². The first-order valence-corrected chi connectivity index (χ1v) is 11.4. The van der Waals surface area contributed by atoms with Gasteiger partial charge >= 0.3 is 0 Å². The highest BCUT2D eigenvalue weighted by Gasteiger charge is 2.20. The van der Waals surface area contributed by atoms with Crippen LogP contribution in [0.25, 0.3) is 5.69 Å². The maximum atomic E-state index is 13.0. The highest BCUT2D eigenvalue weighted by molar-refractivity contribution is 7.10. The lowest BCUT2D eigenvalue weighted by Crippen LogP contribution is -2.38. The number of rotatable bonds is 8. The third-order valence-electron chi connectivity index (χ3n) is 5.66. The zero-order valence-corrected chi connectivity index (χ0v) is 19.3. The van der Waals surface area contributed by atoms with Gasteiger partial charge in [0.2, 0.25) is 5.91 Å². The molecule has 4 rings (SSSR count). The van der Waals surface area contributed by atoms with Crippen molar-refractivity contribution in [2.24, 2.45) is 0 Å². The molecule has 164 valence electrons. The van der Waals surface area contributed by atoms with Gasteiger partial charge in [0.15, 0.2) is 0 Å². The Morgan fingerprint density at radius 1 is 1.09 bits per heavy atom. The van der Waals surface area contributed by atoms with Crippen LogP contribution < -0.4 is 5.32 Å². The molecule has 2 heterocycles. The van der Waals surface area contributed by atoms with E-state index in [1.807, 2.05) is 30.6 Å². The minimum atomic E-state index is -0.145. The Balaban J connectivity index is 1.42. The van der Waals surface area contributed by atoms with Crippen LogP contribution in [0.5, 0.6) is 0 Å². The fraction of sp³-hybridized carbons (Fsp3) is 0.240. The molecule has 0 aliphatic rings. The summed E-state index contributed by atoms with van der Waals surface area (Å²) in [5.74, 6) is -0.00226. The second-order valence-electron chi connectivity index (χ2n) is 7.95. The van der Waals surface area contributed by atoms with Crippen LogP contribution in [-0.2, 0) is 4.79 Å². The summed E-state index contributed by atoms with van der Waals surface area (Å²) in [6, 6.07) is 20.5. The first kappa shape index (κ1) is 21.9. The molecule has 0 saturated heterocycles. The maximum Gasteiger partial charge on any atom is 0.234 e. The van der Waals surface area contributed by atoms with Gasteiger partial charge in [0.1, 0.15) is 12.7 Å². The largest absolute Gasteiger partial charge is 0.343 e. The second kappa shape index (κ2) is 9.89. The molecule has 1 N–H and O–H groups in total. The Kier molecular flexibility index (Phi) is 6.78. The lowest BCUT2D eigenvalue weighted by molar-refractivity contribution is -0.122. The number of aromatic nitrogens is 3. The van der Waals surface area contributed by atoms with Crippen molar-refractivity contribution in [1.82, 2.24) is 25.0 Å². The summed E-state index contributed by atoms with van der Waals surface area (Å²) in [6.07, 6.45) is 3.19. The molecule has 2 aromatic heterocycles. The van der Waals surface area contributed by atoms with E-state index >= 15 is 0 Å². The van der Waals surface area contributed by atoms with Crippen molar-refractivity contribution in [3.63, 3.8) is 0 Å². The molecule has 0 aliphatic heterocycles. The predicted octanol–water partition coefficient (Wildman–Crippen LogP) is 4.54. The van der Waals surface area contributed by atoms with Crippen molar-refractivity contribution in [2.75, 3.05) is 13.6 Å². The summed E-state index contributed by atoms with van der Waals surface area (Å²) in [4.78, 5) is 20.1. The molecule has 2 atom stereocenters. The van der Waals surface area contributed by atoms with Crippen LogP contribution in [0, 0.1) is 6.92 Å². The normalized spacial score (nSPS) is 13.1. The average Bonchev–Trinajstić information content (AvgIpc) is 3.52. The van der Waals surface area contributed by atoms with Gasteiger partial charge in [-0.25, -0.2) is 9.67 Å². The molecule has 7 heteroatoms. The number of carbonyl (C=O) groups excluding carboxylic acids is 1. The predicted molar refractivity (Wildman–Crippen MR) is 128 cm³/mol. The zero-order valence-electron chi connectivity index (χ0n) is 18.5. The van der Waals surface area contributed by atoms with Crippen molar-refractivity contribution >= 4 is 17.2 Å². The van der Waals surface area contributed by atoms with Gasteiger partial charge in [-0.15, -0.1) is 11.3 Å². The van der Waals surface area contributed by atoms with E-state index in [0.717, 1.165) is 21.7 Å². The number of likely N-dealkylation sites (N-methyl/N-ethyl adjacent to an activating group) is 1. The summed E-state index contributed by atoms with van der Waals surface area (Å²) in [5.41, 5.74) is 4.38. The molecule has 0 fully saturated rings. The standard InChI is InChI=1S/C25H27N5OS/c1-18-6-8-21(9-7-18)25(23-5-4-14-32-23)28-24(31)15-29(3)19(2)20-10-12-22(13-11-20)30-17-26-16-27-30/h4-14,16-17,19,25H,15H2,1-3H3,(H,28,31). The van der Waals surface area contributed by atoms with Gasteiger partial charge in [0, 0.05) is 10.9 Å². The van der Waals surface area contributed by atoms with E-state index in [9.17, 15) is 4.79 Å². The molecule has 1 amide bonds. The molecule has 0 saturated carbocycles. The van der Waals surface area contributed by atoms with Crippen LogP contribution in [-0.4, -0.2) is 39.2 Å². The van der Waals surface area contributed by atoms with Crippen LogP contribution >= 0.6 is 11.3 Å². The first-order valence-electron chi connectivity index (χ1n) is 10.6. The Morgan fingerprint density at radius 2 is 1.81 bits per heavy atom. The summed E-state index contributed by atoms with van der Waals surface area (Å²) in [5, 5.41) is 9.43. The summed E-state index contributed by atoms with van der Waals surface area (Å²) in [7, 11) is 1.97. The third-order valence-corrected chi connectivity index (χ3v) is 6.59. The fourth-order valence-electron chi connectivity index (χ4n) is 3.60. The summed E-state index contributed by atoms with van der Waals surface area (Å²) in [6.45, 7) is 4.48. The molecule has 0 spiro atoms. The minimum Gasteiger partial charge on any atom is -0.343 e. The number of nitrogens with zero attached hydrogens (tertiary/aromatic N) is 4. The average molecular weight is 446 g/mol. The monoisotopic (exact) mass is 445 g/mol. The SMILES string of the molecule is Cc1ccc(C(NC(=O)CN(C)C(C)c2ccc(-n3cncn3)cc2)c2cccs2)cc1. The van der Waals surface area contributed by atoms with Gasteiger partial charge in [-0.3, -0.25) is 9.69 Å². The molecular formula is C25H27N5OS. The number of nitrogens with one attached hydrogen (secondary N) is 1. The Morgan fingerprint density at radius 3 is 2.44 bits per heavy atom. The van der Waals surface area contributed by atoms with Gasteiger partial charge in [0.05, 0.1) is 18.3 Å². The molecule has 4 aromatic rings. The van der Waals surface area contributed by atoms with Crippen molar-refractivity contribution in [1.29, 1.82) is 0 Å². The molecular weight excluding hydrogens is 418 g/mol. The number of hydrogen-bond acceptors (Lipinski definition) is 5. The summed E-state index contributed by atoms with van der Waals surface area (Å²) < 4.78 is 1.72. The van der Waals surface area contributed by atoms with E-state index in [4.69, 9.17) is 0 Å². The molecule has 0 aliphatic carbocycles. The molecule has 0 radical (unpaired) electrons. The van der Waals surface area contributed by atoms with Gasteiger partial charge < -0.3 is 5.32 Å². The molecule has 2 aromatic carbocycles. The number of benzene rings is 2. The lowest BCUT2D eigenvalue weighted by Gasteiger charge is -2.26. The number of aryl methyl sites for hydroxylation is 1. The third kappa shape index (κ3) is 5.12. The Labute approximate surface area is 192 Å². The quantitative estimate of drug-likeness (QED) is 0.433. The van der Waals surface area contributed by atoms with Crippen LogP contribution in [0.15, 0.2) is 78.7 Å². The number of amides is 1. The highest BCUT2D eigenvalue weighted by Crippen LogP contribution is 2.27. The smallest absolute Gasteiger partial charge is 0.234 e. The van der Waals surface area contributed by atoms with Crippen LogP contribution in [0.2, 0.25) is 0 Å². The first-order chi connectivity index (χ1) is 15.5. The van der Waals surface area contributed by atoms with Gasteiger partial charge in [-0.1, -0.05) is 48.0 Å². The molecule has 32 heavy (non-hydrogen) atoms. The van der Waals surface area contributed by atoms with E-state index in [0.29, 0.717) is 6.54 Å². The van der Waals surface area contributed by atoms with Crippen LogP contribution in [0.1, 0.15) is 40.6 Å². The maximum absolute atomic E-state index is 13.0. The van der Waals surface area contributed by atoms with E-state index in [1.165, 1.54) is 11.9 Å². The Bertz CT molecular complexity index is 1120. The van der Waals surface area contributed by atoms with Crippen molar-refractivity contribution in [3.8, 4) is 5.69 Å². The highest BCUT2D eigenvalue weighted by atomic mass is 32.1. The topological polar surface area (TPSA) is 63.1 Å².